The minimum Gasteiger partial charge on any atom is -0.493 e. The standard InChI is InChI=1S/C33H38N4O4/c1-23(28-14-16-37(17-15-28)22-26-6-4-24(19-34)5-7-26)32(38)35-20-25-8-11-29(12-9-25)33(39)36-21-27-10-13-30(40-2)31(18-27)41-3/h4-13,18,23,28H,14-17,20-22H2,1-3H3,(H,35,38)(H,36,39). The van der Waals surface area contributed by atoms with E-state index in [1.807, 2.05) is 61.5 Å². The molecule has 0 aliphatic carbocycles. The van der Waals surface area contributed by atoms with Gasteiger partial charge in [0.15, 0.2) is 11.5 Å². The molecule has 3 aromatic carbocycles. The summed E-state index contributed by atoms with van der Waals surface area (Å²) in [7, 11) is 3.16. The van der Waals surface area contributed by atoms with Crippen molar-refractivity contribution in [3.8, 4) is 17.6 Å². The van der Waals surface area contributed by atoms with E-state index in [1.54, 1.807) is 26.4 Å². The second kappa shape index (κ2) is 14.3. The number of likely N-dealkylation sites (tertiary alicyclic amines) is 1. The minimum atomic E-state index is -0.172. The molecular weight excluding hydrogens is 516 g/mol. The topological polar surface area (TPSA) is 104 Å². The number of nitrogens with one attached hydrogen (secondary N) is 2. The summed E-state index contributed by atoms with van der Waals surface area (Å²) in [6, 6.07) is 22.7. The van der Waals surface area contributed by atoms with Crippen LogP contribution in [-0.2, 0) is 24.4 Å². The van der Waals surface area contributed by atoms with E-state index in [4.69, 9.17) is 14.7 Å². The third kappa shape index (κ3) is 8.09. The molecule has 2 amide bonds. The monoisotopic (exact) mass is 554 g/mol. The molecule has 8 heteroatoms. The van der Waals surface area contributed by atoms with E-state index >= 15 is 0 Å². The number of nitrogens with zero attached hydrogens (tertiary/aromatic N) is 2. The lowest BCUT2D eigenvalue weighted by Crippen LogP contribution is -2.40. The van der Waals surface area contributed by atoms with E-state index in [2.05, 4.69) is 21.6 Å². The molecule has 1 aliphatic heterocycles. The van der Waals surface area contributed by atoms with Crippen molar-refractivity contribution < 1.29 is 19.1 Å². The van der Waals surface area contributed by atoms with Crippen molar-refractivity contribution in [1.82, 2.24) is 15.5 Å². The highest BCUT2D eigenvalue weighted by Gasteiger charge is 2.28. The predicted molar refractivity (Wildman–Crippen MR) is 157 cm³/mol. The van der Waals surface area contributed by atoms with Gasteiger partial charge in [0.1, 0.15) is 0 Å². The lowest BCUT2D eigenvalue weighted by Gasteiger charge is -2.34. The molecule has 0 spiro atoms. The van der Waals surface area contributed by atoms with Crippen LogP contribution in [0.1, 0.15) is 52.4 Å². The molecule has 1 unspecified atom stereocenters. The van der Waals surface area contributed by atoms with Crippen molar-refractivity contribution in [3.63, 3.8) is 0 Å². The molecule has 4 rings (SSSR count). The van der Waals surface area contributed by atoms with Gasteiger partial charge >= 0.3 is 0 Å². The second-order valence-corrected chi connectivity index (χ2v) is 10.5. The minimum absolute atomic E-state index is 0.0614. The molecule has 3 aromatic rings. The number of benzene rings is 3. The molecule has 1 aliphatic rings. The Morgan fingerprint density at radius 1 is 0.878 bits per heavy atom. The molecule has 0 saturated carbocycles. The van der Waals surface area contributed by atoms with Crippen LogP contribution < -0.4 is 20.1 Å². The van der Waals surface area contributed by atoms with Gasteiger partial charge in [0, 0.05) is 31.1 Å². The normalized spacial score (nSPS) is 14.5. The van der Waals surface area contributed by atoms with Crippen LogP contribution in [0.25, 0.3) is 0 Å². The van der Waals surface area contributed by atoms with E-state index < -0.39 is 0 Å². The zero-order valence-electron chi connectivity index (χ0n) is 24.0. The van der Waals surface area contributed by atoms with E-state index in [0.29, 0.717) is 41.6 Å². The number of nitriles is 1. The lowest BCUT2D eigenvalue weighted by atomic mass is 9.84. The highest BCUT2D eigenvalue weighted by Crippen LogP contribution is 2.28. The van der Waals surface area contributed by atoms with Crippen molar-refractivity contribution in [1.29, 1.82) is 5.26 Å². The van der Waals surface area contributed by atoms with Crippen LogP contribution >= 0.6 is 0 Å². The molecule has 1 saturated heterocycles. The molecule has 0 bridgehead atoms. The number of hydrogen-bond acceptors (Lipinski definition) is 6. The number of carbonyl (C=O) groups is 2. The molecule has 1 heterocycles. The fourth-order valence-corrected chi connectivity index (χ4v) is 5.17. The Balaban J connectivity index is 1.19. The second-order valence-electron chi connectivity index (χ2n) is 10.5. The van der Waals surface area contributed by atoms with Crippen molar-refractivity contribution in [2.75, 3.05) is 27.3 Å². The average molecular weight is 555 g/mol. The maximum absolute atomic E-state index is 12.9. The van der Waals surface area contributed by atoms with Crippen molar-refractivity contribution >= 4 is 11.8 Å². The molecule has 1 fully saturated rings. The van der Waals surface area contributed by atoms with Crippen LogP contribution in [0.3, 0.4) is 0 Å². The van der Waals surface area contributed by atoms with Crippen LogP contribution in [0.2, 0.25) is 0 Å². The van der Waals surface area contributed by atoms with Crippen molar-refractivity contribution in [2.24, 2.45) is 11.8 Å². The lowest BCUT2D eigenvalue weighted by molar-refractivity contribution is -0.126. The largest absolute Gasteiger partial charge is 0.493 e. The summed E-state index contributed by atoms with van der Waals surface area (Å²) in [5, 5.41) is 15.0. The van der Waals surface area contributed by atoms with Crippen LogP contribution in [0.15, 0.2) is 66.7 Å². The summed E-state index contributed by atoms with van der Waals surface area (Å²) in [5.74, 6) is 1.44. The molecule has 214 valence electrons. The zero-order chi connectivity index (χ0) is 29.2. The fraction of sp³-hybridized carbons (Fsp3) is 0.364. The Labute approximate surface area is 242 Å². The highest BCUT2D eigenvalue weighted by molar-refractivity contribution is 5.94. The van der Waals surface area contributed by atoms with E-state index in [1.165, 1.54) is 5.56 Å². The number of hydrogen-bond donors (Lipinski definition) is 2. The van der Waals surface area contributed by atoms with Crippen LogP contribution in [0, 0.1) is 23.2 Å². The number of ether oxygens (including phenoxy) is 2. The van der Waals surface area contributed by atoms with Gasteiger partial charge in [-0.15, -0.1) is 0 Å². The smallest absolute Gasteiger partial charge is 0.251 e. The number of methoxy groups -OCH3 is 2. The van der Waals surface area contributed by atoms with Crippen molar-refractivity contribution in [2.45, 2.75) is 39.4 Å². The molecule has 1 atom stereocenters. The molecule has 0 radical (unpaired) electrons. The number of piperidine rings is 1. The predicted octanol–water partition coefficient (Wildman–Crippen LogP) is 4.67. The molecule has 2 N–H and O–H groups in total. The van der Waals surface area contributed by atoms with E-state index in [9.17, 15) is 9.59 Å². The summed E-state index contributed by atoms with van der Waals surface area (Å²) < 4.78 is 10.6. The van der Waals surface area contributed by atoms with Gasteiger partial charge in [0.2, 0.25) is 5.91 Å². The number of amides is 2. The molecule has 8 nitrogen and oxygen atoms in total. The SMILES string of the molecule is COc1ccc(CNC(=O)c2ccc(CNC(=O)C(C)C3CCN(Cc4ccc(C#N)cc4)CC3)cc2)cc1OC. The van der Waals surface area contributed by atoms with Gasteiger partial charge in [-0.05, 0) is 84.9 Å². The summed E-state index contributed by atoms with van der Waals surface area (Å²) in [6.07, 6.45) is 1.97. The third-order valence-electron chi connectivity index (χ3n) is 7.83. The zero-order valence-corrected chi connectivity index (χ0v) is 24.0. The molecule has 41 heavy (non-hydrogen) atoms. The Morgan fingerprint density at radius 3 is 2.12 bits per heavy atom. The van der Waals surface area contributed by atoms with Gasteiger partial charge in [-0.2, -0.15) is 5.26 Å². The summed E-state index contributed by atoms with van der Waals surface area (Å²) in [4.78, 5) is 27.9. The first-order valence-electron chi connectivity index (χ1n) is 14.0. The van der Waals surface area contributed by atoms with Gasteiger partial charge in [0.05, 0.1) is 25.9 Å². The first-order valence-corrected chi connectivity index (χ1v) is 14.0. The summed E-state index contributed by atoms with van der Waals surface area (Å²) in [6.45, 7) is 5.58. The average Bonchev–Trinajstić information content (AvgIpc) is 3.02. The Hall–Kier alpha value is -4.35. The Bertz CT molecular complexity index is 1360. The van der Waals surface area contributed by atoms with Crippen LogP contribution in [0.5, 0.6) is 11.5 Å². The van der Waals surface area contributed by atoms with Gasteiger partial charge in [-0.25, -0.2) is 0 Å². The summed E-state index contributed by atoms with van der Waals surface area (Å²) in [5.41, 5.74) is 4.29. The van der Waals surface area contributed by atoms with Gasteiger partial charge < -0.3 is 20.1 Å². The maximum atomic E-state index is 12.9. The van der Waals surface area contributed by atoms with Gasteiger partial charge in [0.25, 0.3) is 5.91 Å². The van der Waals surface area contributed by atoms with E-state index in [0.717, 1.165) is 43.6 Å². The first kappa shape index (κ1) is 29.6. The quantitative estimate of drug-likeness (QED) is 0.357. The maximum Gasteiger partial charge on any atom is 0.251 e. The highest BCUT2D eigenvalue weighted by atomic mass is 16.5. The number of rotatable bonds is 11. The molecule has 0 aromatic heterocycles. The Morgan fingerprint density at radius 2 is 1.49 bits per heavy atom. The van der Waals surface area contributed by atoms with Crippen molar-refractivity contribution in [3.05, 3.63) is 94.5 Å². The van der Waals surface area contributed by atoms with Gasteiger partial charge in [-0.3, -0.25) is 14.5 Å². The van der Waals surface area contributed by atoms with E-state index in [-0.39, 0.29) is 17.7 Å². The fourth-order valence-electron chi connectivity index (χ4n) is 5.17. The van der Waals surface area contributed by atoms with Gasteiger partial charge in [-0.1, -0.05) is 37.3 Å². The molecular formula is C33H38N4O4. The summed E-state index contributed by atoms with van der Waals surface area (Å²) >= 11 is 0. The number of carbonyl (C=O) groups excluding carboxylic acids is 2. The van der Waals surface area contributed by atoms with Crippen LogP contribution in [-0.4, -0.2) is 44.0 Å². The first-order chi connectivity index (χ1) is 19.9. The third-order valence-corrected chi connectivity index (χ3v) is 7.83. The Kier molecular flexibility index (Phi) is 10.4. The van der Waals surface area contributed by atoms with Crippen LogP contribution in [0.4, 0.5) is 0 Å².